The molecule has 2 rings (SSSR count). The molecule has 1 aliphatic heterocycles. The van der Waals surface area contributed by atoms with Crippen molar-refractivity contribution in [3.05, 3.63) is 29.3 Å². The average molecular weight is 327 g/mol. The number of halogens is 1. The molecule has 0 bridgehead atoms. The molecular weight excluding hydrogens is 308 g/mol. The van der Waals surface area contributed by atoms with Gasteiger partial charge in [-0.15, -0.1) is 0 Å². The minimum absolute atomic E-state index is 0.146. The van der Waals surface area contributed by atoms with Crippen molar-refractivity contribution in [1.82, 2.24) is 10.2 Å². The van der Waals surface area contributed by atoms with Crippen molar-refractivity contribution in [1.29, 1.82) is 0 Å². The smallest absolute Gasteiger partial charge is 0.325 e. The second kappa shape index (κ2) is 6.98. The van der Waals surface area contributed by atoms with Gasteiger partial charge in [0, 0.05) is 18.7 Å². The monoisotopic (exact) mass is 326 g/mol. The van der Waals surface area contributed by atoms with Crippen molar-refractivity contribution in [3.8, 4) is 5.75 Å². The number of hydrogen-bond donors (Lipinski definition) is 1. The van der Waals surface area contributed by atoms with Crippen LogP contribution in [0, 0.1) is 0 Å². The number of methoxy groups -OCH3 is 1. The lowest BCUT2D eigenvalue weighted by Crippen LogP contribution is -2.48. The SMILES string of the molecule is COCC1(C)NC(=O)N(CCCOc2cccc(Cl)c2)C1=O. The molecule has 1 heterocycles. The predicted octanol–water partition coefficient (Wildman–Crippen LogP) is 2.07. The van der Waals surface area contributed by atoms with Crippen molar-refractivity contribution in [2.45, 2.75) is 18.9 Å². The molecule has 7 heteroatoms. The van der Waals surface area contributed by atoms with E-state index in [0.29, 0.717) is 30.3 Å². The zero-order chi connectivity index (χ0) is 16.2. The van der Waals surface area contributed by atoms with E-state index in [1.165, 1.54) is 12.0 Å². The third kappa shape index (κ3) is 3.69. The van der Waals surface area contributed by atoms with Gasteiger partial charge in [0.15, 0.2) is 0 Å². The molecule has 0 saturated carbocycles. The van der Waals surface area contributed by atoms with Gasteiger partial charge in [0.2, 0.25) is 0 Å². The van der Waals surface area contributed by atoms with E-state index in [9.17, 15) is 9.59 Å². The Morgan fingerprint density at radius 2 is 2.14 bits per heavy atom. The molecule has 1 aromatic rings. The number of carbonyl (C=O) groups is 2. The van der Waals surface area contributed by atoms with Gasteiger partial charge in [0.05, 0.1) is 13.2 Å². The molecule has 1 aliphatic rings. The summed E-state index contributed by atoms with van der Waals surface area (Å²) in [5.41, 5.74) is -0.986. The van der Waals surface area contributed by atoms with Crippen LogP contribution < -0.4 is 10.1 Å². The van der Waals surface area contributed by atoms with Gasteiger partial charge in [-0.1, -0.05) is 17.7 Å². The van der Waals surface area contributed by atoms with Crippen LogP contribution in [0.15, 0.2) is 24.3 Å². The fourth-order valence-corrected chi connectivity index (χ4v) is 2.49. The molecule has 3 amide bonds. The molecule has 1 fully saturated rings. The van der Waals surface area contributed by atoms with Crippen molar-refractivity contribution in [3.63, 3.8) is 0 Å². The lowest BCUT2D eigenvalue weighted by atomic mass is 10.0. The van der Waals surface area contributed by atoms with Crippen molar-refractivity contribution in [2.24, 2.45) is 0 Å². The number of ether oxygens (including phenoxy) is 2. The highest BCUT2D eigenvalue weighted by atomic mass is 35.5. The molecule has 0 aromatic heterocycles. The number of urea groups is 1. The lowest BCUT2D eigenvalue weighted by molar-refractivity contribution is -0.132. The second-order valence-electron chi connectivity index (χ2n) is 5.31. The fraction of sp³-hybridized carbons (Fsp3) is 0.467. The first-order chi connectivity index (χ1) is 10.5. The van der Waals surface area contributed by atoms with Gasteiger partial charge in [0.25, 0.3) is 5.91 Å². The highest BCUT2D eigenvalue weighted by Crippen LogP contribution is 2.19. The van der Waals surface area contributed by atoms with E-state index in [-0.39, 0.29) is 12.5 Å². The molecule has 1 N–H and O–H groups in total. The molecule has 0 radical (unpaired) electrons. The summed E-state index contributed by atoms with van der Waals surface area (Å²) in [6.45, 7) is 2.48. The molecule has 22 heavy (non-hydrogen) atoms. The maximum Gasteiger partial charge on any atom is 0.325 e. The summed E-state index contributed by atoms with van der Waals surface area (Å²) in [7, 11) is 1.49. The third-order valence-electron chi connectivity index (χ3n) is 3.37. The summed E-state index contributed by atoms with van der Waals surface area (Å²) >= 11 is 5.86. The topological polar surface area (TPSA) is 67.9 Å². The Kier molecular flexibility index (Phi) is 5.26. The van der Waals surface area contributed by atoms with Gasteiger partial charge in [-0.25, -0.2) is 4.79 Å². The fourth-order valence-electron chi connectivity index (χ4n) is 2.31. The molecule has 0 spiro atoms. The van der Waals surface area contributed by atoms with Gasteiger partial charge in [-0.05, 0) is 31.5 Å². The highest BCUT2D eigenvalue weighted by molar-refractivity contribution is 6.30. The highest BCUT2D eigenvalue weighted by Gasteiger charge is 2.47. The van der Waals surface area contributed by atoms with Crippen LogP contribution in [0.25, 0.3) is 0 Å². The summed E-state index contributed by atoms with van der Waals surface area (Å²) in [5, 5.41) is 3.25. The standard InChI is InChI=1S/C15H19ClN2O4/c1-15(10-21-2)13(19)18(14(20)17-15)7-4-8-22-12-6-3-5-11(16)9-12/h3,5-6,9H,4,7-8,10H2,1-2H3,(H,17,20). The van der Waals surface area contributed by atoms with Crippen LogP contribution in [0.2, 0.25) is 5.02 Å². The number of carbonyl (C=O) groups excluding carboxylic acids is 2. The Labute approximate surface area is 134 Å². The van der Waals surface area contributed by atoms with Crippen LogP contribution in [0.3, 0.4) is 0 Å². The molecule has 0 aliphatic carbocycles. The van der Waals surface area contributed by atoms with Crippen molar-refractivity contribution in [2.75, 3.05) is 26.9 Å². The Morgan fingerprint density at radius 1 is 1.36 bits per heavy atom. The van der Waals surface area contributed by atoms with E-state index in [0.717, 1.165) is 0 Å². The van der Waals surface area contributed by atoms with E-state index in [2.05, 4.69) is 5.32 Å². The minimum Gasteiger partial charge on any atom is -0.493 e. The van der Waals surface area contributed by atoms with Gasteiger partial charge in [0.1, 0.15) is 11.3 Å². The molecule has 120 valence electrons. The number of imide groups is 1. The van der Waals surface area contributed by atoms with Crippen LogP contribution in [0.5, 0.6) is 5.75 Å². The van der Waals surface area contributed by atoms with Crippen LogP contribution in [-0.2, 0) is 9.53 Å². The molecule has 1 saturated heterocycles. The van der Waals surface area contributed by atoms with Gasteiger partial charge < -0.3 is 14.8 Å². The first-order valence-corrected chi connectivity index (χ1v) is 7.35. The Bertz CT molecular complexity index is 566. The summed E-state index contributed by atoms with van der Waals surface area (Å²) in [6.07, 6.45) is 0.536. The normalized spacial score (nSPS) is 21.1. The summed E-state index contributed by atoms with van der Waals surface area (Å²) < 4.78 is 10.5. The van der Waals surface area contributed by atoms with Gasteiger partial charge in [-0.2, -0.15) is 0 Å². The Morgan fingerprint density at radius 3 is 2.82 bits per heavy atom. The van der Waals surface area contributed by atoms with Crippen molar-refractivity contribution >= 4 is 23.5 Å². The second-order valence-corrected chi connectivity index (χ2v) is 5.75. The molecule has 1 aromatic carbocycles. The first-order valence-electron chi connectivity index (χ1n) is 6.98. The molecule has 1 atom stereocenters. The van der Waals surface area contributed by atoms with E-state index in [1.54, 1.807) is 31.2 Å². The predicted molar refractivity (Wildman–Crippen MR) is 82.1 cm³/mol. The largest absolute Gasteiger partial charge is 0.493 e. The number of amides is 3. The van der Waals surface area contributed by atoms with Gasteiger partial charge in [-0.3, -0.25) is 9.69 Å². The maximum atomic E-state index is 12.2. The quantitative estimate of drug-likeness (QED) is 0.615. The third-order valence-corrected chi connectivity index (χ3v) is 3.60. The average Bonchev–Trinajstić information content (AvgIpc) is 2.66. The van der Waals surface area contributed by atoms with E-state index in [1.807, 2.05) is 0 Å². The van der Waals surface area contributed by atoms with Crippen molar-refractivity contribution < 1.29 is 19.1 Å². The van der Waals surface area contributed by atoms with E-state index in [4.69, 9.17) is 21.1 Å². The van der Waals surface area contributed by atoms with Crippen LogP contribution in [-0.4, -0.2) is 49.2 Å². The number of nitrogens with one attached hydrogen (secondary N) is 1. The first kappa shape index (κ1) is 16.6. The Balaban J connectivity index is 1.82. The van der Waals surface area contributed by atoms with Crippen LogP contribution in [0.1, 0.15) is 13.3 Å². The molecule has 1 unspecified atom stereocenters. The lowest BCUT2D eigenvalue weighted by Gasteiger charge is -2.20. The minimum atomic E-state index is -0.986. The van der Waals surface area contributed by atoms with Gasteiger partial charge >= 0.3 is 6.03 Å². The Hall–Kier alpha value is -1.79. The zero-order valence-corrected chi connectivity index (χ0v) is 13.4. The zero-order valence-electron chi connectivity index (χ0n) is 12.6. The summed E-state index contributed by atoms with van der Waals surface area (Å²) in [4.78, 5) is 25.3. The van der Waals surface area contributed by atoms with Crippen LogP contribution >= 0.6 is 11.6 Å². The number of benzene rings is 1. The molecular formula is C15H19ClN2O4. The van der Waals surface area contributed by atoms with Crippen LogP contribution in [0.4, 0.5) is 4.79 Å². The van der Waals surface area contributed by atoms with E-state index < -0.39 is 11.6 Å². The number of hydrogen-bond acceptors (Lipinski definition) is 4. The molecule has 6 nitrogen and oxygen atoms in total. The maximum absolute atomic E-state index is 12.2. The summed E-state index contributed by atoms with van der Waals surface area (Å²) in [5.74, 6) is 0.385. The van der Waals surface area contributed by atoms with E-state index >= 15 is 0 Å². The number of nitrogens with zero attached hydrogens (tertiary/aromatic N) is 1. The number of rotatable bonds is 7. The summed E-state index contributed by atoms with van der Waals surface area (Å²) in [6, 6.07) is 6.68.